The predicted octanol–water partition coefficient (Wildman–Crippen LogP) is 1.63. The maximum Gasteiger partial charge on any atom is 0.244 e. The van der Waals surface area contributed by atoms with Crippen molar-refractivity contribution < 1.29 is 4.79 Å². The summed E-state index contributed by atoms with van der Waals surface area (Å²) in [6.45, 7) is 4.42. The van der Waals surface area contributed by atoms with Crippen molar-refractivity contribution in [2.24, 2.45) is 5.73 Å². The molecule has 0 aliphatic carbocycles. The molecular formula is C16H25N3O. The van der Waals surface area contributed by atoms with Gasteiger partial charge in [-0.2, -0.15) is 0 Å². The SMILES string of the molecule is CCN(C)C(C(=O)N1CCCC(N)C1)c1ccccc1. The van der Waals surface area contributed by atoms with Crippen molar-refractivity contribution in [1.82, 2.24) is 9.80 Å². The van der Waals surface area contributed by atoms with Crippen LogP contribution in [0, 0.1) is 0 Å². The maximum atomic E-state index is 12.9. The Labute approximate surface area is 121 Å². The fraction of sp³-hybridized carbons (Fsp3) is 0.562. The lowest BCUT2D eigenvalue weighted by atomic mass is 10.0. The zero-order chi connectivity index (χ0) is 14.5. The Hall–Kier alpha value is -1.39. The first kappa shape index (κ1) is 15.0. The van der Waals surface area contributed by atoms with Gasteiger partial charge in [0.05, 0.1) is 0 Å². The highest BCUT2D eigenvalue weighted by atomic mass is 16.2. The second kappa shape index (κ2) is 6.86. The van der Waals surface area contributed by atoms with Crippen LogP contribution in [0.25, 0.3) is 0 Å². The van der Waals surface area contributed by atoms with Gasteiger partial charge >= 0.3 is 0 Å². The third-order valence-corrected chi connectivity index (χ3v) is 4.06. The van der Waals surface area contributed by atoms with Crippen LogP contribution in [0.3, 0.4) is 0 Å². The Bertz CT molecular complexity index is 435. The summed E-state index contributed by atoms with van der Waals surface area (Å²) in [7, 11) is 2.00. The summed E-state index contributed by atoms with van der Waals surface area (Å²) in [5, 5.41) is 0. The summed E-state index contributed by atoms with van der Waals surface area (Å²) in [4.78, 5) is 16.9. The van der Waals surface area contributed by atoms with Crippen molar-refractivity contribution in [3.63, 3.8) is 0 Å². The van der Waals surface area contributed by atoms with Crippen molar-refractivity contribution in [2.75, 3.05) is 26.7 Å². The van der Waals surface area contributed by atoms with Gasteiger partial charge in [0.25, 0.3) is 0 Å². The first-order valence-electron chi connectivity index (χ1n) is 7.43. The number of likely N-dealkylation sites (tertiary alicyclic amines) is 1. The van der Waals surface area contributed by atoms with Crippen LogP contribution in [0.5, 0.6) is 0 Å². The Morgan fingerprint density at radius 2 is 2.15 bits per heavy atom. The van der Waals surface area contributed by atoms with E-state index in [1.807, 2.05) is 42.3 Å². The summed E-state index contributed by atoms with van der Waals surface area (Å²) in [6.07, 6.45) is 2.02. The molecule has 20 heavy (non-hydrogen) atoms. The largest absolute Gasteiger partial charge is 0.339 e. The van der Waals surface area contributed by atoms with E-state index in [0.717, 1.165) is 31.5 Å². The third kappa shape index (κ3) is 3.38. The number of amides is 1. The van der Waals surface area contributed by atoms with Gasteiger partial charge in [0.15, 0.2) is 0 Å². The number of hydrogen-bond acceptors (Lipinski definition) is 3. The van der Waals surface area contributed by atoms with Gasteiger partial charge in [0, 0.05) is 19.1 Å². The van der Waals surface area contributed by atoms with E-state index < -0.39 is 0 Å². The molecule has 0 saturated carbocycles. The van der Waals surface area contributed by atoms with Crippen LogP contribution in [0.15, 0.2) is 30.3 Å². The van der Waals surface area contributed by atoms with Gasteiger partial charge in [-0.1, -0.05) is 37.3 Å². The van der Waals surface area contributed by atoms with Crippen LogP contribution in [0.2, 0.25) is 0 Å². The van der Waals surface area contributed by atoms with Crippen molar-refractivity contribution in [1.29, 1.82) is 0 Å². The number of piperidine rings is 1. The molecule has 1 aliphatic heterocycles. The number of benzene rings is 1. The average Bonchev–Trinajstić information content (AvgIpc) is 2.48. The molecule has 110 valence electrons. The van der Waals surface area contributed by atoms with E-state index in [1.165, 1.54) is 0 Å². The summed E-state index contributed by atoms with van der Waals surface area (Å²) < 4.78 is 0. The number of carbonyl (C=O) groups excluding carboxylic acids is 1. The van der Waals surface area contributed by atoms with Gasteiger partial charge in [-0.05, 0) is 32.0 Å². The fourth-order valence-electron chi connectivity index (χ4n) is 2.79. The molecule has 1 aliphatic rings. The number of nitrogens with zero attached hydrogens (tertiary/aromatic N) is 2. The molecule has 1 heterocycles. The Balaban J connectivity index is 2.20. The third-order valence-electron chi connectivity index (χ3n) is 4.06. The smallest absolute Gasteiger partial charge is 0.244 e. The number of nitrogens with two attached hydrogens (primary N) is 1. The van der Waals surface area contributed by atoms with Crippen molar-refractivity contribution in [3.05, 3.63) is 35.9 Å². The summed E-state index contributed by atoms with van der Waals surface area (Å²) in [6, 6.07) is 9.93. The highest BCUT2D eigenvalue weighted by Crippen LogP contribution is 2.23. The molecule has 4 nitrogen and oxygen atoms in total. The molecule has 2 atom stereocenters. The molecule has 0 spiro atoms. The van der Waals surface area contributed by atoms with Gasteiger partial charge in [-0.15, -0.1) is 0 Å². The average molecular weight is 275 g/mol. The lowest BCUT2D eigenvalue weighted by Gasteiger charge is -2.36. The second-order valence-corrected chi connectivity index (χ2v) is 5.57. The number of rotatable bonds is 4. The zero-order valence-corrected chi connectivity index (χ0v) is 12.5. The predicted molar refractivity (Wildman–Crippen MR) is 81.3 cm³/mol. The van der Waals surface area contributed by atoms with Crippen LogP contribution in [-0.4, -0.2) is 48.4 Å². The minimum atomic E-state index is -0.202. The minimum Gasteiger partial charge on any atom is -0.339 e. The fourth-order valence-corrected chi connectivity index (χ4v) is 2.79. The maximum absolute atomic E-state index is 12.9. The highest BCUT2D eigenvalue weighted by Gasteiger charge is 2.30. The molecule has 0 radical (unpaired) electrons. The van der Waals surface area contributed by atoms with Crippen LogP contribution in [0.4, 0.5) is 0 Å². The molecule has 1 fully saturated rings. The van der Waals surface area contributed by atoms with E-state index in [-0.39, 0.29) is 18.0 Å². The van der Waals surface area contributed by atoms with E-state index in [2.05, 4.69) is 11.8 Å². The molecule has 2 N–H and O–H groups in total. The lowest BCUT2D eigenvalue weighted by Crippen LogP contribution is -2.49. The van der Waals surface area contributed by atoms with E-state index in [4.69, 9.17) is 5.73 Å². The van der Waals surface area contributed by atoms with Crippen LogP contribution in [-0.2, 0) is 4.79 Å². The van der Waals surface area contributed by atoms with Crippen LogP contribution >= 0.6 is 0 Å². The molecule has 1 amide bonds. The first-order chi connectivity index (χ1) is 9.63. The van der Waals surface area contributed by atoms with Crippen LogP contribution < -0.4 is 5.73 Å². The highest BCUT2D eigenvalue weighted by molar-refractivity contribution is 5.83. The molecule has 2 rings (SSSR count). The molecule has 4 heteroatoms. The summed E-state index contributed by atoms with van der Waals surface area (Å²) in [5.41, 5.74) is 7.06. The first-order valence-corrected chi connectivity index (χ1v) is 7.43. The molecule has 0 aromatic heterocycles. The molecule has 1 saturated heterocycles. The standard InChI is InChI=1S/C16H25N3O/c1-3-18(2)15(13-8-5-4-6-9-13)16(20)19-11-7-10-14(17)12-19/h4-6,8-9,14-15H,3,7,10-12,17H2,1-2H3. The Morgan fingerprint density at radius 1 is 1.45 bits per heavy atom. The quantitative estimate of drug-likeness (QED) is 0.908. The zero-order valence-electron chi connectivity index (χ0n) is 12.5. The van der Waals surface area contributed by atoms with Gasteiger partial charge in [-0.25, -0.2) is 0 Å². The molecular weight excluding hydrogens is 250 g/mol. The second-order valence-electron chi connectivity index (χ2n) is 5.57. The topological polar surface area (TPSA) is 49.6 Å². The van der Waals surface area contributed by atoms with Crippen molar-refractivity contribution in [2.45, 2.75) is 31.8 Å². The molecule has 1 aromatic carbocycles. The van der Waals surface area contributed by atoms with Crippen molar-refractivity contribution >= 4 is 5.91 Å². The van der Waals surface area contributed by atoms with Crippen molar-refractivity contribution in [3.8, 4) is 0 Å². The van der Waals surface area contributed by atoms with Gasteiger partial charge in [0.1, 0.15) is 6.04 Å². The van der Waals surface area contributed by atoms with Crippen LogP contribution in [0.1, 0.15) is 31.4 Å². The normalized spacial score (nSPS) is 21.0. The molecule has 2 unspecified atom stereocenters. The Morgan fingerprint density at radius 3 is 2.75 bits per heavy atom. The number of likely N-dealkylation sites (N-methyl/N-ethyl adjacent to an activating group) is 1. The van der Waals surface area contributed by atoms with Gasteiger partial charge in [0.2, 0.25) is 5.91 Å². The Kier molecular flexibility index (Phi) is 5.15. The number of carbonyl (C=O) groups is 1. The monoisotopic (exact) mass is 275 g/mol. The molecule has 0 bridgehead atoms. The number of hydrogen-bond donors (Lipinski definition) is 1. The van der Waals surface area contributed by atoms with E-state index in [0.29, 0.717) is 6.54 Å². The minimum absolute atomic E-state index is 0.121. The van der Waals surface area contributed by atoms with E-state index in [9.17, 15) is 4.79 Å². The van der Waals surface area contributed by atoms with Gasteiger partial charge < -0.3 is 10.6 Å². The van der Waals surface area contributed by atoms with E-state index in [1.54, 1.807) is 0 Å². The van der Waals surface area contributed by atoms with E-state index >= 15 is 0 Å². The molecule has 1 aromatic rings. The van der Waals surface area contributed by atoms with Gasteiger partial charge in [-0.3, -0.25) is 9.69 Å². The lowest BCUT2D eigenvalue weighted by molar-refractivity contribution is -0.138. The summed E-state index contributed by atoms with van der Waals surface area (Å²) >= 11 is 0. The summed E-state index contributed by atoms with van der Waals surface area (Å²) in [5.74, 6) is 0.177.